The Morgan fingerprint density at radius 1 is 1.00 bits per heavy atom. The molecule has 0 bridgehead atoms. The van der Waals surface area contributed by atoms with E-state index in [0.717, 1.165) is 5.56 Å². The Labute approximate surface area is 196 Å². The minimum Gasteiger partial charge on any atom is -0.367 e. The summed E-state index contributed by atoms with van der Waals surface area (Å²) in [6.45, 7) is 10.3. The fraction of sp³-hybridized carbons (Fsp3) is 0.462. The summed E-state index contributed by atoms with van der Waals surface area (Å²) >= 11 is 0. The fourth-order valence-corrected chi connectivity index (χ4v) is 4.44. The van der Waals surface area contributed by atoms with Gasteiger partial charge in [0, 0.05) is 45.8 Å². The molecule has 33 heavy (non-hydrogen) atoms. The van der Waals surface area contributed by atoms with Crippen molar-refractivity contribution >= 4 is 17.5 Å². The van der Waals surface area contributed by atoms with Gasteiger partial charge >= 0.3 is 0 Å². The van der Waals surface area contributed by atoms with Crippen LogP contribution in [0.3, 0.4) is 0 Å². The number of carbonyl (C=O) groups excluding carboxylic acids is 2. The standard InChI is InChI=1S/C26H35FN4O2/c1-4-28-24(32)19-20-12-13-23(22(27)18-20)30-14-16-31(17-15-30)25(21-10-8-7-9-11-21)26(33)29(5-2)6-3/h7-13,18,25H,4-6,14-17,19H2,1-3H3,(H,28,32). The molecule has 1 unspecified atom stereocenters. The summed E-state index contributed by atoms with van der Waals surface area (Å²) in [5.41, 5.74) is 2.19. The van der Waals surface area contributed by atoms with Crippen LogP contribution in [0.4, 0.5) is 10.1 Å². The van der Waals surface area contributed by atoms with Gasteiger partial charge in [0.25, 0.3) is 0 Å². The maximum atomic E-state index is 14.9. The number of halogens is 1. The summed E-state index contributed by atoms with van der Waals surface area (Å²) in [4.78, 5) is 31.2. The second-order valence-electron chi connectivity index (χ2n) is 8.26. The number of hydrogen-bond donors (Lipinski definition) is 1. The molecule has 0 saturated carbocycles. The van der Waals surface area contributed by atoms with Crippen molar-refractivity contribution < 1.29 is 14.0 Å². The number of rotatable bonds is 9. The molecule has 6 nitrogen and oxygen atoms in total. The number of likely N-dealkylation sites (N-methyl/N-ethyl adjacent to an activating group) is 2. The fourth-order valence-electron chi connectivity index (χ4n) is 4.44. The quantitative estimate of drug-likeness (QED) is 0.632. The van der Waals surface area contributed by atoms with Crippen molar-refractivity contribution in [3.63, 3.8) is 0 Å². The Hall–Kier alpha value is -2.93. The number of piperazine rings is 1. The zero-order valence-corrected chi connectivity index (χ0v) is 19.9. The Morgan fingerprint density at radius 3 is 2.24 bits per heavy atom. The molecule has 7 heteroatoms. The lowest BCUT2D eigenvalue weighted by molar-refractivity contribution is -0.137. The van der Waals surface area contributed by atoms with Gasteiger partial charge in [0.05, 0.1) is 12.1 Å². The number of hydrogen-bond acceptors (Lipinski definition) is 4. The van der Waals surface area contributed by atoms with Crippen LogP contribution in [0.25, 0.3) is 0 Å². The third-order valence-electron chi connectivity index (χ3n) is 6.20. The first-order valence-corrected chi connectivity index (χ1v) is 11.9. The maximum absolute atomic E-state index is 14.9. The highest BCUT2D eigenvalue weighted by Gasteiger charge is 2.33. The van der Waals surface area contributed by atoms with E-state index in [4.69, 9.17) is 0 Å². The summed E-state index contributed by atoms with van der Waals surface area (Å²) in [6, 6.07) is 14.6. The van der Waals surface area contributed by atoms with Crippen LogP contribution < -0.4 is 10.2 Å². The van der Waals surface area contributed by atoms with E-state index < -0.39 is 0 Å². The number of amides is 2. The van der Waals surface area contributed by atoms with E-state index in [1.165, 1.54) is 6.07 Å². The molecule has 1 fully saturated rings. The van der Waals surface area contributed by atoms with Crippen molar-refractivity contribution in [3.05, 3.63) is 65.5 Å². The molecule has 2 aromatic carbocycles. The van der Waals surface area contributed by atoms with Gasteiger partial charge in [0.1, 0.15) is 11.9 Å². The smallest absolute Gasteiger partial charge is 0.244 e. The number of benzene rings is 2. The second-order valence-corrected chi connectivity index (χ2v) is 8.26. The zero-order valence-electron chi connectivity index (χ0n) is 19.9. The SMILES string of the molecule is CCNC(=O)Cc1ccc(N2CCN(C(C(=O)N(CC)CC)c3ccccc3)CC2)c(F)c1. The monoisotopic (exact) mass is 454 g/mol. The van der Waals surface area contributed by atoms with Crippen LogP contribution in [0.2, 0.25) is 0 Å². The van der Waals surface area contributed by atoms with Gasteiger partial charge in [-0.1, -0.05) is 36.4 Å². The molecule has 0 spiro atoms. The van der Waals surface area contributed by atoms with Gasteiger partial charge < -0.3 is 15.1 Å². The largest absolute Gasteiger partial charge is 0.367 e. The van der Waals surface area contributed by atoms with Crippen LogP contribution >= 0.6 is 0 Å². The van der Waals surface area contributed by atoms with E-state index in [1.54, 1.807) is 6.07 Å². The van der Waals surface area contributed by atoms with Crippen LogP contribution in [0.5, 0.6) is 0 Å². The predicted molar refractivity (Wildman–Crippen MR) is 130 cm³/mol. The van der Waals surface area contributed by atoms with Crippen molar-refractivity contribution in [2.75, 3.05) is 50.7 Å². The van der Waals surface area contributed by atoms with Gasteiger partial charge in [-0.25, -0.2) is 4.39 Å². The van der Waals surface area contributed by atoms with Gasteiger partial charge in [0.2, 0.25) is 11.8 Å². The normalized spacial score (nSPS) is 15.2. The van der Waals surface area contributed by atoms with E-state index in [-0.39, 0.29) is 30.1 Å². The molecule has 2 amide bonds. The van der Waals surface area contributed by atoms with Gasteiger partial charge in [0.15, 0.2) is 0 Å². The van der Waals surface area contributed by atoms with E-state index in [2.05, 4.69) is 10.2 Å². The maximum Gasteiger partial charge on any atom is 0.244 e. The molecule has 1 aliphatic heterocycles. The van der Waals surface area contributed by atoms with Gasteiger partial charge in [-0.2, -0.15) is 0 Å². The lowest BCUT2D eigenvalue weighted by Gasteiger charge is -2.41. The van der Waals surface area contributed by atoms with E-state index in [1.807, 2.05) is 67.0 Å². The van der Waals surface area contributed by atoms with Crippen molar-refractivity contribution in [1.29, 1.82) is 0 Å². The van der Waals surface area contributed by atoms with E-state index in [0.29, 0.717) is 57.1 Å². The summed E-state index contributed by atoms with van der Waals surface area (Å²) in [7, 11) is 0. The highest BCUT2D eigenvalue weighted by atomic mass is 19.1. The highest BCUT2D eigenvalue weighted by Crippen LogP contribution is 2.28. The van der Waals surface area contributed by atoms with Crippen LogP contribution in [0, 0.1) is 5.82 Å². The van der Waals surface area contributed by atoms with Crippen LogP contribution in [-0.2, 0) is 16.0 Å². The molecular formula is C26H35FN4O2. The molecule has 0 aromatic heterocycles. The van der Waals surface area contributed by atoms with Gasteiger partial charge in [-0.05, 0) is 44.0 Å². The lowest BCUT2D eigenvalue weighted by Crippen LogP contribution is -2.52. The molecule has 1 N–H and O–H groups in total. The molecule has 2 aromatic rings. The highest BCUT2D eigenvalue weighted by molar-refractivity contribution is 5.83. The first-order valence-electron chi connectivity index (χ1n) is 11.9. The molecule has 1 heterocycles. The number of nitrogens with one attached hydrogen (secondary N) is 1. The van der Waals surface area contributed by atoms with Crippen molar-refractivity contribution in [1.82, 2.24) is 15.1 Å². The van der Waals surface area contributed by atoms with E-state index >= 15 is 0 Å². The van der Waals surface area contributed by atoms with Crippen molar-refractivity contribution in [2.24, 2.45) is 0 Å². The minimum atomic E-state index is -0.336. The van der Waals surface area contributed by atoms with Gasteiger partial charge in [-0.3, -0.25) is 14.5 Å². The number of nitrogens with zero attached hydrogens (tertiary/aromatic N) is 3. The third kappa shape index (κ3) is 6.11. The third-order valence-corrected chi connectivity index (χ3v) is 6.20. The van der Waals surface area contributed by atoms with Crippen LogP contribution in [0.1, 0.15) is 37.9 Å². The first kappa shape index (κ1) is 24.7. The average molecular weight is 455 g/mol. The molecule has 1 saturated heterocycles. The molecule has 178 valence electrons. The molecular weight excluding hydrogens is 419 g/mol. The van der Waals surface area contributed by atoms with Crippen molar-refractivity contribution in [3.8, 4) is 0 Å². The lowest BCUT2D eigenvalue weighted by atomic mass is 10.0. The number of anilines is 1. The Kier molecular flexibility index (Phi) is 8.83. The first-order chi connectivity index (χ1) is 16.0. The van der Waals surface area contributed by atoms with Crippen LogP contribution in [-0.4, -0.2) is 67.4 Å². The summed E-state index contributed by atoms with van der Waals surface area (Å²) in [5.74, 6) is -0.312. The van der Waals surface area contributed by atoms with E-state index in [9.17, 15) is 14.0 Å². The summed E-state index contributed by atoms with van der Waals surface area (Å²) < 4.78 is 14.9. The zero-order chi connectivity index (χ0) is 23.8. The Balaban J connectivity index is 1.71. The molecule has 1 atom stereocenters. The minimum absolute atomic E-state index is 0.108. The Morgan fingerprint density at radius 2 is 1.67 bits per heavy atom. The Bertz CT molecular complexity index is 925. The second kappa shape index (κ2) is 11.8. The van der Waals surface area contributed by atoms with Crippen molar-refractivity contribution in [2.45, 2.75) is 33.2 Å². The van der Waals surface area contributed by atoms with Crippen LogP contribution in [0.15, 0.2) is 48.5 Å². The molecule has 3 rings (SSSR count). The predicted octanol–water partition coefficient (Wildman–Crippen LogP) is 3.24. The topological polar surface area (TPSA) is 55.9 Å². The molecule has 0 aliphatic carbocycles. The van der Waals surface area contributed by atoms with Gasteiger partial charge in [-0.15, -0.1) is 0 Å². The summed E-state index contributed by atoms with van der Waals surface area (Å²) in [5, 5.41) is 2.74. The molecule has 1 aliphatic rings. The molecule has 0 radical (unpaired) electrons. The number of carbonyl (C=O) groups is 2. The average Bonchev–Trinajstić information content (AvgIpc) is 2.82. The summed E-state index contributed by atoms with van der Waals surface area (Å²) in [6.07, 6.45) is 0.172.